The van der Waals surface area contributed by atoms with E-state index >= 15 is 0 Å². The molecule has 2 aromatic carbocycles. The number of hydrogen-bond acceptors (Lipinski definition) is 3. The second kappa shape index (κ2) is 11.3. The van der Waals surface area contributed by atoms with Gasteiger partial charge in [0.1, 0.15) is 6.04 Å². The van der Waals surface area contributed by atoms with Crippen molar-refractivity contribution in [3.05, 3.63) is 65.2 Å². The lowest BCUT2D eigenvalue weighted by molar-refractivity contribution is -0.124. The number of anilines is 1. The highest BCUT2D eigenvalue weighted by Gasteiger charge is 2.24. The summed E-state index contributed by atoms with van der Waals surface area (Å²) in [5.41, 5.74) is 3.08. The lowest BCUT2D eigenvalue weighted by Gasteiger charge is -2.22. The summed E-state index contributed by atoms with van der Waals surface area (Å²) in [5, 5.41) is 8.62. The number of benzene rings is 2. The van der Waals surface area contributed by atoms with Gasteiger partial charge in [-0.25, -0.2) is 0 Å². The van der Waals surface area contributed by atoms with Crippen molar-refractivity contribution in [1.29, 1.82) is 0 Å². The molecule has 1 atom stereocenters. The van der Waals surface area contributed by atoms with Crippen LogP contribution in [0.1, 0.15) is 55.6 Å². The zero-order chi connectivity index (χ0) is 23.0. The summed E-state index contributed by atoms with van der Waals surface area (Å²) < 4.78 is 0. The minimum atomic E-state index is -0.651. The Kier molecular flexibility index (Phi) is 8.79. The number of carbonyl (C=O) groups is 3. The third kappa shape index (κ3) is 7.89. The third-order valence-electron chi connectivity index (χ3n) is 4.79. The van der Waals surface area contributed by atoms with Crippen molar-refractivity contribution in [1.82, 2.24) is 10.6 Å². The molecule has 0 saturated carbocycles. The van der Waals surface area contributed by atoms with Gasteiger partial charge >= 0.3 is 0 Å². The maximum absolute atomic E-state index is 12.8. The highest BCUT2D eigenvalue weighted by molar-refractivity contribution is 5.97. The van der Waals surface area contributed by atoms with Crippen LogP contribution in [0.2, 0.25) is 0 Å². The van der Waals surface area contributed by atoms with Crippen LogP contribution in [0.25, 0.3) is 0 Å². The molecule has 0 fully saturated rings. The second-order valence-electron chi connectivity index (χ2n) is 8.63. The summed E-state index contributed by atoms with van der Waals surface area (Å²) in [6.45, 7) is 10.00. The zero-order valence-electron chi connectivity index (χ0n) is 19.0. The van der Waals surface area contributed by atoms with Gasteiger partial charge in [-0.1, -0.05) is 57.5 Å². The van der Waals surface area contributed by atoms with Gasteiger partial charge in [0.05, 0.1) is 0 Å². The van der Waals surface area contributed by atoms with Gasteiger partial charge in [0.2, 0.25) is 11.8 Å². The maximum Gasteiger partial charge on any atom is 0.251 e. The van der Waals surface area contributed by atoms with Crippen molar-refractivity contribution in [3.8, 4) is 0 Å². The summed E-state index contributed by atoms with van der Waals surface area (Å²) in [6, 6.07) is 14.0. The van der Waals surface area contributed by atoms with Gasteiger partial charge in [0, 0.05) is 24.2 Å². The molecule has 0 spiro atoms. The summed E-state index contributed by atoms with van der Waals surface area (Å²) in [5.74, 6) is -0.339. The molecule has 6 nitrogen and oxygen atoms in total. The molecule has 0 bridgehead atoms. The third-order valence-corrected chi connectivity index (χ3v) is 4.79. The fourth-order valence-electron chi connectivity index (χ4n) is 3.19. The van der Waals surface area contributed by atoms with E-state index in [2.05, 4.69) is 16.0 Å². The van der Waals surface area contributed by atoms with E-state index in [1.165, 1.54) is 0 Å². The van der Waals surface area contributed by atoms with Crippen molar-refractivity contribution in [2.45, 2.75) is 53.6 Å². The number of amides is 3. The molecule has 2 rings (SSSR count). The topological polar surface area (TPSA) is 87.3 Å². The van der Waals surface area contributed by atoms with Crippen molar-refractivity contribution < 1.29 is 14.4 Å². The van der Waals surface area contributed by atoms with Crippen LogP contribution in [0.15, 0.2) is 48.5 Å². The van der Waals surface area contributed by atoms with Crippen LogP contribution in [-0.4, -0.2) is 23.8 Å². The minimum Gasteiger partial charge on any atom is -0.350 e. The molecule has 166 valence electrons. The summed E-state index contributed by atoms with van der Waals surface area (Å²) in [4.78, 5) is 37.3. The molecule has 0 radical (unpaired) electrons. The summed E-state index contributed by atoms with van der Waals surface area (Å²) >= 11 is 0. The maximum atomic E-state index is 12.8. The van der Waals surface area contributed by atoms with Gasteiger partial charge in [0.25, 0.3) is 5.91 Å². The standard InChI is InChI=1S/C25H33N3O3/c1-16(2)12-22(29)27-21-11-7-9-19(14-21)15-26-25(31)23(17(3)4)28-24(30)20-10-6-8-18(5)13-20/h6-11,13-14,16-17,23H,12,15H2,1-5H3,(H,26,31)(H,27,29)(H,28,30). The second-order valence-corrected chi connectivity index (χ2v) is 8.63. The van der Waals surface area contributed by atoms with Crippen LogP contribution in [-0.2, 0) is 16.1 Å². The monoisotopic (exact) mass is 423 g/mol. The molecule has 0 aliphatic carbocycles. The van der Waals surface area contributed by atoms with Gasteiger partial charge in [-0.05, 0) is 48.6 Å². The molecule has 1 unspecified atom stereocenters. The predicted octanol–water partition coefficient (Wildman–Crippen LogP) is 4.05. The molecule has 6 heteroatoms. The largest absolute Gasteiger partial charge is 0.350 e. The number of aryl methyl sites for hydroxylation is 1. The van der Waals surface area contributed by atoms with Gasteiger partial charge in [-0.15, -0.1) is 0 Å². The molecule has 0 aromatic heterocycles. The molecule has 0 heterocycles. The van der Waals surface area contributed by atoms with E-state index in [0.717, 1.165) is 11.1 Å². The van der Waals surface area contributed by atoms with Crippen LogP contribution in [0, 0.1) is 18.8 Å². The zero-order valence-corrected chi connectivity index (χ0v) is 19.0. The average molecular weight is 424 g/mol. The van der Waals surface area contributed by atoms with Gasteiger partial charge in [-0.3, -0.25) is 14.4 Å². The normalized spacial score (nSPS) is 11.8. The van der Waals surface area contributed by atoms with Crippen LogP contribution in [0.5, 0.6) is 0 Å². The Morgan fingerprint density at radius 2 is 1.65 bits per heavy atom. The first kappa shape index (κ1) is 24.1. The molecular formula is C25H33N3O3. The lowest BCUT2D eigenvalue weighted by Crippen LogP contribution is -2.49. The average Bonchev–Trinajstić information content (AvgIpc) is 2.69. The van der Waals surface area contributed by atoms with Crippen LogP contribution in [0.3, 0.4) is 0 Å². The van der Waals surface area contributed by atoms with Crippen molar-refractivity contribution in [3.63, 3.8) is 0 Å². The Hall–Kier alpha value is -3.15. The summed E-state index contributed by atoms with van der Waals surface area (Å²) in [6.07, 6.45) is 0.456. The quantitative estimate of drug-likeness (QED) is 0.569. The Bertz CT molecular complexity index is 922. The van der Waals surface area contributed by atoms with E-state index in [1.807, 2.05) is 71.0 Å². The van der Waals surface area contributed by atoms with E-state index in [-0.39, 0.29) is 29.6 Å². The Morgan fingerprint density at radius 1 is 0.935 bits per heavy atom. The predicted molar refractivity (Wildman–Crippen MR) is 124 cm³/mol. The van der Waals surface area contributed by atoms with Crippen LogP contribution < -0.4 is 16.0 Å². The highest BCUT2D eigenvalue weighted by atomic mass is 16.2. The van der Waals surface area contributed by atoms with E-state index in [0.29, 0.717) is 24.2 Å². The number of carbonyl (C=O) groups excluding carboxylic acids is 3. The first-order chi connectivity index (χ1) is 14.7. The van der Waals surface area contributed by atoms with E-state index in [1.54, 1.807) is 12.1 Å². The smallest absolute Gasteiger partial charge is 0.251 e. The van der Waals surface area contributed by atoms with E-state index in [4.69, 9.17) is 0 Å². The first-order valence-electron chi connectivity index (χ1n) is 10.7. The number of hydrogen-bond donors (Lipinski definition) is 3. The molecular weight excluding hydrogens is 390 g/mol. The SMILES string of the molecule is Cc1cccc(C(=O)NC(C(=O)NCc2cccc(NC(=O)CC(C)C)c2)C(C)C)c1. The first-order valence-corrected chi connectivity index (χ1v) is 10.7. The fourth-order valence-corrected chi connectivity index (χ4v) is 3.19. The van der Waals surface area contributed by atoms with Crippen LogP contribution >= 0.6 is 0 Å². The molecule has 2 aromatic rings. The highest BCUT2D eigenvalue weighted by Crippen LogP contribution is 2.13. The molecule has 0 saturated heterocycles. The molecule has 31 heavy (non-hydrogen) atoms. The van der Waals surface area contributed by atoms with E-state index in [9.17, 15) is 14.4 Å². The number of rotatable bonds is 9. The van der Waals surface area contributed by atoms with Crippen molar-refractivity contribution in [2.75, 3.05) is 5.32 Å². The molecule has 3 N–H and O–H groups in total. The van der Waals surface area contributed by atoms with Gasteiger partial charge in [-0.2, -0.15) is 0 Å². The molecule has 0 aliphatic rings. The summed E-state index contributed by atoms with van der Waals surface area (Å²) in [7, 11) is 0. The van der Waals surface area contributed by atoms with Gasteiger partial charge in [0.15, 0.2) is 0 Å². The Balaban J connectivity index is 1.98. The number of nitrogens with one attached hydrogen (secondary N) is 3. The van der Waals surface area contributed by atoms with Crippen molar-refractivity contribution in [2.24, 2.45) is 11.8 Å². The van der Waals surface area contributed by atoms with Crippen LogP contribution in [0.4, 0.5) is 5.69 Å². The molecule has 0 aliphatic heterocycles. The fraction of sp³-hybridized carbons (Fsp3) is 0.400. The van der Waals surface area contributed by atoms with Crippen molar-refractivity contribution >= 4 is 23.4 Å². The van der Waals surface area contributed by atoms with E-state index < -0.39 is 6.04 Å². The van der Waals surface area contributed by atoms with Gasteiger partial charge < -0.3 is 16.0 Å². The lowest BCUT2D eigenvalue weighted by atomic mass is 10.0. The Morgan fingerprint density at radius 3 is 2.29 bits per heavy atom. The Labute approximate surface area is 184 Å². The minimum absolute atomic E-state index is 0.0325. The molecule has 3 amide bonds.